The summed E-state index contributed by atoms with van der Waals surface area (Å²) in [5.41, 5.74) is -0.0775. The molecule has 9 heteroatoms. The maximum Gasteiger partial charge on any atom is 0.253 e. The predicted molar refractivity (Wildman–Crippen MR) is 103 cm³/mol. The molecule has 0 fully saturated rings. The Labute approximate surface area is 160 Å². The van der Waals surface area contributed by atoms with Crippen LogP contribution in [0.4, 0.5) is 0 Å². The molecule has 0 aliphatic carbocycles. The molecule has 1 aromatic heterocycles. The van der Waals surface area contributed by atoms with Crippen molar-refractivity contribution < 1.29 is 24.9 Å². The van der Waals surface area contributed by atoms with Gasteiger partial charge in [-0.15, -0.1) is 0 Å². The minimum Gasteiger partial charge on any atom is -0.507 e. The van der Waals surface area contributed by atoms with Gasteiger partial charge < -0.3 is 26.0 Å². The molecule has 146 valence electrons. The van der Waals surface area contributed by atoms with Crippen LogP contribution >= 0.6 is 0 Å². The number of aromatic nitrogens is 2. The molecular formula is C19H20N4O5. The zero-order valence-corrected chi connectivity index (χ0v) is 15.2. The van der Waals surface area contributed by atoms with Gasteiger partial charge in [0.2, 0.25) is 0 Å². The second kappa shape index (κ2) is 8.05. The number of aldehydes is 1. The van der Waals surface area contributed by atoms with Crippen LogP contribution < -0.4 is 10.6 Å². The Kier molecular flexibility index (Phi) is 5.55. The van der Waals surface area contributed by atoms with Gasteiger partial charge in [0.05, 0.1) is 11.1 Å². The number of fused-ring (bicyclic) bond motifs is 2. The van der Waals surface area contributed by atoms with Crippen molar-refractivity contribution >= 4 is 34.3 Å². The first-order valence-electron chi connectivity index (χ1n) is 8.80. The number of phenols is 3. The highest BCUT2D eigenvalue weighted by Crippen LogP contribution is 2.35. The van der Waals surface area contributed by atoms with Crippen molar-refractivity contribution in [2.75, 3.05) is 19.6 Å². The van der Waals surface area contributed by atoms with Gasteiger partial charge in [-0.1, -0.05) is 6.92 Å². The number of hydrogen-bond acceptors (Lipinski definition) is 8. The zero-order valence-electron chi connectivity index (χ0n) is 15.2. The van der Waals surface area contributed by atoms with Gasteiger partial charge >= 0.3 is 0 Å². The van der Waals surface area contributed by atoms with Crippen LogP contribution in [0.2, 0.25) is 0 Å². The smallest absolute Gasteiger partial charge is 0.253 e. The van der Waals surface area contributed by atoms with Crippen molar-refractivity contribution in [1.82, 2.24) is 20.6 Å². The highest BCUT2D eigenvalue weighted by Gasteiger charge is 2.20. The molecule has 1 amide bonds. The number of phenolic OH excluding ortho intramolecular Hbond substituents is 3. The molecule has 5 N–H and O–H groups in total. The summed E-state index contributed by atoms with van der Waals surface area (Å²) in [5.74, 6) is -1.51. The number of rotatable bonds is 7. The highest BCUT2D eigenvalue weighted by atomic mass is 16.3. The first-order chi connectivity index (χ1) is 13.5. The minimum absolute atomic E-state index is 0.0163. The van der Waals surface area contributed by atoms with E-state index in [1.165, 1.54) is 12.1 Å². The molecule has 3 rings (SSSR count). The molecule has 9 nitrogen and oxygen atoms in total. The average Bonchev–Trinajstić information content (AvgIpc) is 2.67. The number of carbonyl (C=O) groups is 2. The van der Waals surface area contributed by atoms with E-state index in [1.54, 1.807) is 0 Å². The number of nitrogens with one attached hydrogen (secondary N) is 2. The van der Waals surface area contributed by atoms with E-state index < -0.39 is 17.4 Å². The van der Waals surface area contributed by atoms with E-state index in [1.807, 2.05) is 6.92 Å². The Balaban J connectivity index is 2.08. The van der Waals surface area contributed by atoms with Gasteiger partial charge in [0.15, 0.2) is 6.29 Å². The molecule has 0 saturated carbocycles. The topological polar surface area (TPSA) is 145 Å². The molecule has 0 spiro atoms. The Hall–Kier alpha value is -3.46. The fourth-order valence-electron chi connectivity index (χ4n) is 2.85. The third-order valence-electron chi connectivity index (χ3n) is 4.23. The van der Waals surface area contributed by atoms with Crippen LogP contribution in [0.15, 0.2) is 18.2 Å². The van der Waals surface area contributed by atoms with Gasteiger partial charge in [0.25, 0.3) is 5.91 Å². The van der Waals surface area contributed by atoms with Crippen LogP contribution in [0.3, 0.4) is 0 Å². The number of aromatic hydroxyl groups is 3. The van der Waals surface area contributed by atoms with Crippen molar-refractivity contribution in [1.29, 1.82) is 0 Å². The predicted octanol–water partition coefficient (Wildman–Crippen LogP) is 1.44. The summed E-state index contributed by atoms with van der Waals surface area (Å²) in [6.07, 6.45) is 1.37. The Morgan fingerprint density at radius 2 is 1.68 bits per heavy atom. The number of nitrogens with zero attached hydrogens (tertiary/aromatic N) is 2. The van der Waals surface area contributed by atoms with Gasteiger partial charge in [-0.3, -0.25) is 9.59 Å². The third kappa shape index (κ3) is 3.52. The highest BCUT2D eigenvalue weighted by molar-refractivity contribution is 6.09. The zero-order chi connectivity index (χ0) is 20.3. The molecule has 0 unspecified atom stereocenters. The standard InChI is InChI=1S/C19H20N4O5/c1-2-5-20-6-7-21-19(28)10-3-4-12(25)17-15(10)22-18-14(27)8-13(26)11(9-24)16(18)23-17/h3-4,8-9,20,25-27H,2,5-7H2,1H3,(H,21,28). The van der Waals surface area contributed by atoms with Crippen LogP contribution in [-0.2, 0) is 0 Å². The molecule has 0 atom stereocenters. The van der Waals surface area contributed by atoms with Crippen molar-refractivity contribution in [3.05, 3.63) is 29.3 Å². The van der Waals surface area contributed by atoms with E-state index in [2.05, 4.69) is 20.6 Å². The summed E-state index contributed by atoms with van der Waals surface area (Å²) in [6, 6.07) is 3.69. The third-order valence-corrected chi connectivity index (χ3v) is 4.23. The number of hydrogen-bond donors (Lipinski definition) is 5. The van der Waals surface area contributed by atoms with Gasteiger partial charge in [-0.25, -0.2) is 9.97 Å². The van der Waals surface area contributed by atoms with Crippen LogP contribution in [0.1, 0.15) is 34.1 Å². The minimum atomic E-state index is -0.457. The first kappa shape index (κ1) is 19.3. The summed E-state index contributed by atoms with van der Waals surface area (Å²) in [5, 5.41) is 36.0. The van der Waals surface area contributed by atoms with E-state index in [0.717, 1.165) is 19.0 Å². The molecular weight excluding hydrogens is 364 g/mol. The van der Waals surface area contributed by atoms with Gasteiger partial charge in [-0.05, 0) is 25.1 Å². The molecule has 0 radical (unpaired) electrons. The maximum atomic E-state index is 12.6. The van der Waals surface area contributed by atoms with E-state index in [0.29, 0.717) is 19.4 Å². The van der Waals surface area contributed by atoms with Crippen molar-refractivity contribution in [2.24, 2.45) is 0 Å². The lowest BCUT2D eigenvalue weighted by atomic mass is 10.1. The fourth-order valence-corrected chi connectivity index (χ4v) is 2.85. The lowest BCUT2D eigenvalue weighted by molar-refractivity contribution is 0.0955. The Bertz CT molecular complexity index is 1070. The molecule has 2 aromatic carbocycles. The quantitative estimate of drug-likeness (QED) is 0.234. The van der Waals surface area contributed by atoms with Crippen LogP contribution in [0, 0.1) is 0 Å². The van der Waals surface area contributed by atoms with Crippen LogP contribution in [0.5, 0.6) is 17.2 Å². The Morgan fingerprint density at radius 3 is 2.39 bits per heavy atom. The van der Waals surface area contributed by atoms with Gasteiger partial charge in [0.1, 0.15) is 39.3 Å². The lowest BCUT2D eigenvalue weighted by Crippen LogP contribution is -2.32. The van der Waals surface area contributed by atoms with Crippen LogP contribution in [0.25, 0.3) is 22.1 Å². The normalized spacial score (nSPS) is 11.0. The second-order valence-corrected chi connectivity index (χ2v) is 6.20. The summed E-state index contributed by atoms with van der Waals surface area (Å²) in [4.78, 5) is 32.3. The van der Waals surface area contributed by atoms with Crippen molar-refractivity contribution in [3.8, 4) is 17.2 Å². The van der Waals surface area contributed by atoms with E-state index in [9.17, 15) is 24.9 Å². The van der Waals surface area contributed by atoms with Crippen molar-refractivity contribution in [3.63, 3.8) is 0 Å². The number of carbonyl (C=O) groups excluding carboxylic acids is 2. The van der Waals surface area contributed by atoms with E-state index in [4.69, 9.17) is 0 Å². The first-order valence-corrected chi connectivity index (χ1v) is 8.80. The van der Waals surface area contributed by atoms with Gasteiger partial charge in [0, 0.05) is 19.2 Å². The lowest BCUT2D eigenvalue weighted by Gasteiger charge is -2.11. The van der Waals surface area contributed by atoms with E-state index >= 15 is 0 Å². The molecule has 1 heterocycles. The fraction of sp³-hybridized carbons (Fsp3) is 0.263. The number of benzene rings is 2. The number of amides is 1. The molecule has 0 saturated heterocycles. The summed E-state index contributed by atoms with van der Waals surface area (Å²) in [6.45, 7) is 3.90. The SMILES string of the molecule is CCCNCCNC(=O)c1ccc(O)c2nc3c(C=O)c(O)cc(O)c3nc12. The molecule has 0 aliphatic rings. The Morgan fingerprint density at radius 1 is 0.964 bits per heavy atom. The summed E-state index contributed by atoms with van der Waals surface area (Å²) >= 11 is 0. The summed E-state index contributed by atoms with van der Waals surface area (Å²) < 4.78 is 0. The maximum absolute atomic E-state index is 12.6. The molecule has 0 aliphatic heterocycles. The summed E-state index contributed by atoms with van der Waals surface area (Å²) in [7, 11) is 0. The van der Waals surface area contributed by atoms with Crippen molar-refractivity contribution in [2.45, 2.75) is 13.3 Å². The second-order valence-electron chi connectivity index (χ2n) is 6.20. The average molecular weight is 384 g/mol. The van der Waals surface area contributed by atoms with Gasteiger partial charge in [-0.2, -0.15) is 0 Å². The molecule has 28 heavy (non-hydrogen) atoms. The molecule has 0 bridgehead atoms. The molecule has 3 aromatic rings. The van der Waals surface area contributed by atoms with Crippen LogP contribution in [-0.4, -0.2) is 57.1 Å². The van der Waals surface area contributed by atoms with E-state index in [-0.39, 0.29) is 38.9 Å². The monoisotopic (exact) mass is 384 g/mol. The largest absolute Gasteiger partial charge is 0.507 e.